The van der Waals surface area contributed by atoms with Gasteiger partial charge in [-0.3, -0.25) is 0 Å². The Hall–Kier alpha value is -0.190. The predicted molar refractivity (Wildman–Crippen MR) is 87.3 cm³/mol. The van der Waals surface area contributed by atoms with Gasteiger partial charge in [-0.15, -0.1) is 0 Å². The number of rotatable bonds is 3. The molecule has 0 amide bonds. The van der Waals surface area contributed by atoms with Crippen molar-refractivity contribution in [1.29, 1.82) is 0 Å². The third-order valence-corrected chi connectivity index (χ3v) is 4.99. The fourth-order valence-corrected chi connectivity index (χ4v) is 3.90. The van der Waals surface area contributed by atoms with E-state index in [0.29, 0.717) is 10.0 Å². The summed E-state index contributed by atoms with van der Waals surface area (Å²) in [6, 6.07) is 11.5. The zero-order chi connectivity index (χ0) is 14.0. The lowest BCUT2D eigenvalue weighted by molar-refractivity contribution is 0.811. The van der Waals surface area contributed by atoms with Gasteiger partial charge in [-0.1, -0.05) is 57.0 Å². The van der Waals surface area contributed by atoms with Crippen LogP contribution in [0.5, 0.6) is 0 Å². The lowest BCUT2D eigenvalue weighted by Crippen LogP contribution is -2.05. The van der Waals surface area contributed by atoms with Crippen LogP contribution in [0.4, 0.5) is 0 Å². The van der Waals surface area contributed by atoms with Crippen molar-refractivity contribution in [1.82, 2.24) is 0 Å². The summed E-state index contributed by atoms with van der Waals surface area (Å²) in [6.07, 6.45) is 0. The van der Waals surface area contributed by atoms with Gasteiger partial charge in [0.15, 0.2) is 0 Å². The van der Waals surface area contributed by atoms with Crippen molar-refractivity contribution >= 4 is 50.9 Å². The summed E-state index contributed by atoms with van der Waals surface area (Å²) < 4.78 is 1.01. The van der Waals surface area contributed by atoms with Crippen molar-refractivity contribution in [2.45, 2.75) is 22.8 Å². The molecule has 100 valence electrons. The molecule has 0 aliphatic heterocycles. The van der Waals surface area contributed by atoms with Crippen LogP contribution < -0.4 is 5.73 Å². The molecule has 0 spiro atoms. The average Bonchev–Trinajstić information content (AvgIpc) is 2.33. The van der Waals surface area contributed by atoms with Crippen molar-refractivity contribution in [3.05, 3.63) is 56.5 Å². The summed E-state index contributed by atoms with van der Waals surface area (Å²) in [7, 11) is 0. The lowest BCUT2D eigenvalue weighted by Gasteiger charge is -2.11. The highest BCUT2D eigenvalue weighted by Crippen LogP contribution is 2.37. The molecule has 5 heteroatoms. The number of hydrogen-bond donors (Lipinski definition) is 1. The van der Waals surface area contributed by atoms with Gasteiger partial charge in [-0.05, 0) is 42.8 Å². The summed E-state index contributed by atoms with van der Waals surface area (Å²) in [5.41, 5.74) is 6.97. The number of benzene rings is 2. The Morgan fingerprint density at radius 2 is 1.89 bits per heavy atom. The Kier molecular flexibility index (Phi) is 5.21. The van der Waals surface area contributed by atoms with Crippen LogP contribution >= 0.6 is 50.9 Å². The first kappa shape index (κ1) is 15.2. The van der Waals surface area contributed by atoms with E-state index in [2.05, 4.69) is 15.9 Å². The van der Waals surface area contributed by atoms with E-state index in [1.165, 1.54) is 0 Å². The predicted octanol–water partition coefficient (Wildman–Crippen LogP) is 5.93. The molecule has 0 aromatic heterocycles. The molecular formula is C14H12BrCl2NS. The minimum atomic E-state index is 0.00295. The largest absolute Gasteiger partial charge is 0.324 e. The molecule has 0 fully saturated rings. The van der Waals surface area contributed by atoms with Crippen LogP contribution in [0.1, 0.15) is 18.5 Å². The van der Waals surface area contributed by atoms with E-state index in [-0.39, 0.29) is 6.04 Å². The first-order valence-electron chi connectivity index (χ1n) is 5.65. The van der Waals surface area contributed by atoms with Crippen molar-refractivity contribution in [2.75, 3.05) is 0 Å². The number of hydrogen-bond acceptors (Lipinski definition) is 2. The van der Waals surface area contributed by atoms with Gasteiger partial charge in [0.2, 0.25) is 0 Å². The molecule has 0 aliphatic carbocycles. The van der Waals surface area contributed by atoms with E-state index in [1.807, 2.05) is 31.2 Å². The van der Waals surface area contributed by atoms with Crippen LogP contribution in [0, 0.1) is 0 Å². The fraction of sp³-hybridized carbons (Fsp3) is 0.143. The molecule has 0 aliphatic rings. The molecule has 0 heterocycles. The van der Waals surface area contributed by atoms with Gasteiger partial charge in [0, 0.05) is 25.3 Å². The smallest absolute Gasteiger partial charge is 0.0546 e. The second-order valence-electron chi connectivity index (χ2n) is 4.15. The lowest BCUT2D eigenvalue weighted by atomic mass is 10.1. The van der Waals surface area contributed by atoms with Gasteiger partial charge < -0.3 is 5.73 Å². The van der Waals surface area contributed by atoms with Gasteiger partial charge in [-0.25, -0.2) is 0 Å². The highest BCUT2D eigenvalue weighted by atomic mass is 79.9. The molecule has 2 aromatic carbocycles. The Morgan fingerprint density at radius 3 is 2.53 bits per heavy atom. The quantitative estimate of drug-likeness (QED) is 0.718. The van der Waals surface area contributed by atoms with Crippen molar-refractivity contribution in [2.24, 2.45) is 5.73 Å². The first-order valence-corrected chi connectivity index (χ1v) is 8.02. The molecule has 2 rings (SSSR count). The van der Waals surface area contributed by atoms with E-state index in [4.69, 9.17) is 28.9 Å². The van der Waals surface area contributed by atoms with Gasteiger partial charge in [-0.2, -0.15) is 0 Å². The van der Waals surface area contributed by atoms with Crippen molar-refractivity contribution in [3.63, 3.8) is 0 Å². The van der Waals surface area contributed by atoms with Crippen molar-refractivity contribution in [3.8, 4) is 0 Å². The van der Waals surface area contributed by atoms with E-state index in [0.717, 1.165) is 19.8 Å². The molecule has 2 aromatic rings. The van der Waals surface area contributed by atoms with Crippen LogP contribution in [0.2, 0.25) is 10.0 Å². The Bertz CT molecular complexity index is 602. The molecule has 0 saturated carbocycles. The maximum atomic E-state index is 6.16. The Balaban J connectivity index is 2.29. The average molecular weight is 377 g/mol. The molecule has 0 unspecified atom stereocenters. The first-order chi connectivity index (χ1) is 8.97. The molecule has 19 heavy (non-hydrogen) atoms. The molecule has 1 atom stereocenters. The van der Waals surface area contributed by atoms with E-state index < -0.39 is 0 Å². The van der Waals surface area contributed by atoms with Crippen molar-refractivity contribution < 1.29 is 0 Å². The fourth-order valence-electron chi connectivity index (χ4n) is 1.62. The third-order valence-electron chi connectivity index (χ3n) is 2.58. The summed E-state index contributed by atoms with van der Waals surface area (Å²) in [6.45, 7) is 1.96. The molecule has 2 N–H and O–H groups in total. The molecule has 0 radical (unpaired) electrons. The summed E-state index contributed by atoms with van der Waals surface area (Å²) >= 11 is 17.3. The summed E-state index contributed by atoms with van der Waals surface area (Å²) in [4.78, 5) is 2.02. The van der Waals surface area contributed by atoms with Gasteiger partial charge in [0.1, 0.15) is 0 Å². The zero-order valence-corrected chi connectivity index (χ0v) is 14.1. The minimum absolute atomic E-state index is 0.00295. The summed E-state index contributed by atoms with van der Waals surface area (Å²) in [5.74, 6) is 0. The SMILES string of the molecule is C[C@H](N)c1ccc(Sc2cc(Cl)ccc2Cl)cc1Br. The molecule has 1 nitrogen and oxygen atoms in total. The number of halogens is 3. The van der Waals surface area contributed by atoms with Gasteiger partial charge in [0.05, 0.1) is 5.02 Å². The maximum absolute atomic E-state index is 6.16. The monoisotopic (exact) mass is 375 g/mol. The van der Waals surface area contributed by atoms with Crippen LogP contribution in [0.25, 0.3) is 0 Å². The molecule has 0 saturated heterocycles. The maximum Gasteiger partial charge on any atom is 0.0546 e. The second kappa shape index (κ2) is 6.51. The highest BCUT2D eigenvalue weighted by Gasteiger charge is 2.08. The topological polar surface area (TPSA) is 26.0 Å². The van der Waals surface area contributed by atoms with E-state index in [1.54, 1.807) is 23.9 Å². The summed E-state index contributed by atoms with van der Waals surface area (Å²) in [5, 5.41) is 1.37. The minimum Gasteiger partial charge on any atom is -0.324 e. The third kappa shape index (κ3) is 3.89. The van der Waals surface area contributed by atoms with Crippen LogP contribution in [-0.4, -0.2) is 0 Å². The van der Waals surface area contributed by atoms with E-state index >= 15 is 0 Å². The highest BCUT2D eigenvalue weighted by molar-refractivity contribution is 9.10. The van der Waals surface area contributed by atoms with Gasteiger partial charge in [0.25, 0.3) is 0 Å². The normalized spacial score (nSPS) is 12.5. The molecule has 0 bridgehead atoms. The van der Waals surface area contributed by atoms with Crippen LogP contribution in [0.3, 0.4) is 0 Å². The second-order valence-corrected chi connectivity index (χ2v) is 6.96. The van der Waals surface area contributed by atoms with Crippen LogP contribution in [-0.2, 0) is 0 Å². The molecular weight excluding hydrogens is 365 g/mol. The van der Waals surface area contributed by atoms with Gasteiger partial charge >= 0.3 is 0 Å². The van der Waals surface area contributed by atoms with E-state index in [9.17, 15) is 0 Å². The Labute approximate surface area is 135 Å². The Morgan fingerprint density at radius 1 is 1.16 bits per heavy atom. The zero-order valence-electron chi connectivity index (χ0n) is 10.2. The number of nitrogens with two attached hydrogens (primary N) is 1. The van der Waals surface area contributed by atoms with Crippen LogP contribution in [0.15, 0.2) is 50.7 Å². The standard InChI is InChI=1S/C14H12BrCl2NS/c1-8(18)11-4-3-10(7-12(11)15)19-14-6-9(16)2-5-13(14)17/h2-8H,18H2,1H3/t8-/m0/s1.